The molecule has 3 nitrogen and oxygen atoms in total. The van der Waals surface area contributed by atoms with Crippen LogP contribution in [0.15, 0.2) is 35.9 Å². The Labute approximate surface area is 139 Å². The molecule has 2 unspecified atom stereocenters. The molecule has 1 aliphatic heterocycles. The van der Waals surface area contributed by atoms with E-state index in [2.05, 4.69) is 48.6 Å². The summed E-state index contributed by atoms with van der Waals surface area (Å²) in [7, 11) is 0. The maximum atomic E-state index is 5.82. The van der Waals surface area contributed by atoms with Crippen LogP contribution in [0.5, 0.6) is 0 Å². The normalized spacial score (nSPS) is 30.7. The standard InChI is InChI=1S/C20H27NO2/c1-15(13-16-5-3-2-4-6-16)18-14-19(18)21-17-7-9-20(10-8-17)22-11-12-23-20/h2-6,13,17-19,21H,7-12,14H2,1H3/b15-13+. The van der Waals surface area contributed by atoms with E-state index in [1.54, 1.807) is 0 Å². The first-order chi connectivity index (χ1) is 11.2. The van der Waals surface area contributed by atoms with Crippen molar-refractivity contribution in [1.29, 1.82) is 0 Å². The number of rotatable bonds is 4. The van der Waals surface area contributed by atoms with Crippen molar-refractivity contribution >= 4 is 6.08 Å². The molecule has 0 amide bonds. The summed E-state index contributed by atoms with van der Waals surface area (Å²) >= 11 is 0. The predicted molar refractivity (Wildman–Crippen MR) is 92.0 cm³/mol. The molecule has 0 bridgehead atoms. The van der Waals surface area contributed by atoms with Gasteiger partial charge < -0.3 is 14.8 Å². The zero-order chi connectivity index (χ0) is 15.7. The van der Waals surface area contributed by atoms with E-state index in [4.69, 9.17) is 9.47 Å². The highest BCUT2D eigenvalue weighted by molar-refractivity contribution is 5.53. The number of nitrogens with one attached hydrogen (secondary N) is 1. The van der Waals surface area contributed by atoms with E-state index in [0.29, 0.717) is 18.0 Å². The van der Waals surface area contributed by atoms with Gasteiger partial charge in [-0.1, -0.05) is 42.0 Å². The van der Waals surface area contributed by atoms with Crippen molar-refractivity contribution in [3.8, 4) is 0 Å². The van der Waals surface area contributed by atoms with Crippen LogP contribution in [0.2, 0.25) is 0 Å². The number of hydrogen-bond acceptors (Lipinski definition) is 3. The first-order valence-electron chi connectivity index (χ1n) is 9.01. The molecule has 2 saturated carbocycles. The van der Waals surface area contributed by atoms with E-state index in [1.807, 2.05) is 0 Å². The Kier molecular flexibility index (Phi) is 4.27. The van der Waals surface area contributed by atoms with Crippen molar-refractivity contribution in [1.82, 2.24) is 5.32 Å². The number of ether oxygens (including phenoxy) is 2. The van der Waals surface area contributed by atoms with Crippen molar-refractivity contribution in [2.24, 2.45) is 5.92 Å². The van der Waals surface area contributed by atoms with Crippen LogP contribution in [-0.4, -0.2) is 31.1 Å². The van der Waals surface area contributed by atoms with Crippen molar-refractivity contribution in [2.45, 2.75) is 56.9 Å². The van der Waals surface area contributed by atoms with Crippen LogP contribution < -0.4 is 5.32 Å². The van der Waals surface area contributed by atoms with E-state index >= 15 is 0 Å². The van der Waals surface area contributed by atoms with Gasteiger partial charge >= 0.3 is 0 Å². The van der Waals surface area contributed by atoms with Crippen LogP contribution in [0.1, 0.15) is 44.6 Å². The van der Waals surface area contributed by atoms with E-state index in [9.17, 15) is 0 Å². The fraction of sp³-hybridized carbons (Fsp3) is 0.600. The summed E-state index contributed by atoms with van der Waals surface area (Å²) in [6, 6.07) is 11.9. The molecule has 2 aliphatic carbocycles. The second-order valence-corrected chi connectivity index (χ2v) is 7.30. The van der Waals surface area contributed by atoms with Gasteiger partial charge in [0, 0.05) is 24.9 Å². The second kappa shape index (κ2) is 6.39. The lowest BCUT2D eigenvalue weighted by atomic mass is 9.90. The van der Waals surface area contributed by atoms with Crippen LogP contribution >= 0.6 is 0 Å². The quantitative estimate of drug-likeness (QED) is 0.918. The maximum absolute atomic E-state index is 5.82. The Hall–Kier alpha value is -1.16. The SMILES string of the molecule is C/C(=C\c1ccccc1)C1CC1NC1CCC2(CC1)OCCO2. The van der Waals surface area contributed by atoms with Crippen molar-refractivity contribution in [3.05, 3.63) is 41.5 Å². The molecule has 1 saturated heterocycles. The van der Waals surface area contributed by atoms with Gasteiger partial charge in [0.2, 0.25) is 0 Å². The minimum atomic E-state index is -0.232. The molecular formula is C20H27NO2. The summed E-state index contributed by atoms with van der Waals surface area (Å²) in [5.41, 5.74) is 2.81. The lowest BCUT2D eigenvalue weighted by molar-refractivity contribution is -0.179. The summed E-state index contributed by atoms with van der Waals surface area (Å²) in [5.74, 6) is 0.481. The molecule has 4 rings (SSSR count). The third-order valence-corrected chi connectivity index (χ3v) is 5.58. The lowest BCUT2D eigenvalue weighted by Crippen LogP contribution is -2.43. The molecule has 1 heterocycles. The topological polar surface area (TPSA) is 30.5 Å². The van der Waals surface area contributed by atoms with Gasteiger partial charge in [0.25, 0.3) is 0 Å². The average Bonchev–Trinajstić information content (AvgIpc) is 3.20. The first kappa shape index (κ1) is 15.4. The molecule has 3 aliphatic rings. The highest BCUT2D eigenvalue weighted by Crippen LogP contribution is 2.41. The fourth-order valence-electron chi connectivity index (χ4n) is 4.11. The molecule has 1 aromatic rings. The van der Waals surface area contributed by atoms with Crippen LogP contribution in [-0.2, 0) is 9.47 Å². The van der Waals surface area contributed by atoms with Gasteiger partial charge in [-0.15, -0.1) is 0 Å². The highest BCUT2D eigenvalue weighted by Gasteiger charge is 2.43. The van der Waals surface area contributed by atoms with Crippen molar-refractivity contribution in [3.63, 3.8) is 0 Å². The first-order valence-corrected chi connectivity index (χ1v) is 9.01. The minimum Gasteiger partial charge on any atom is -0.348 e. The Morgan fingerprint density at radius 2 is 1.83 bits per heavy atom. The summed E-state index contributed by atoms with van der Waals surface area (Å²) < 4.78 is 11.6. The Bertz CT molecular complexity index is 552. The maximum Gasteiger partial charge on any atom is 0.168 e. The van der Waals surface area contributed by atoms with Crippen LogP contribution in [0, 0.1) is 5.92 Å². The summed E-state index contributed by atoms with van der Waals surface area (Å²) in [4.78, 5) is 0. The molecule has 1 N–H and O–H groups in total. The Morgan fingerprint density at radius 3 is 2.52 bits per heavy atom. The van der Waals surface area contributed by atoms with Crippen LogP contribution in [0.4, 0.5) is 0 Å². The van der Waals surface area contributed by atoms with Gasteiger partial charge in [-0.2, -0.15) is 0 Å². The second-order valence-electron chi connectivity index (χ2n) is 7.30. The molecular weight excluding hydrogens is 286 g/mol. The molecule has 3 fully saturated rings. The average molecular weight is 313 g/mol. The van der Waals surface area contributed by atoms with E-state index < -0.39 is 0 Å². The summed E-state index contributed by atoms with van der Waals surface area (Å²) in [6.07, 6.45) is 8.04. The van der Waals surface area contributed by atoms with Gasteiger partial charge in [-0.3, -0.25) is 0 Å². The zero-order valence-electron chi connectivity index (χ0n) is 14.0. The summed E-state index contributed by atoms with van der Waals surface area (Å²) in [5, 5.41) is 3.86. The zero-order valence-corrected chi connectivity index (χ0v) is 14.0. The molecule has 124 valence electrons. The molecule has 23 heavy (non-hydrogen) atoms. The largest absolute Gasteiger partial charge is 0.348 e. The van der Waals surface area contributed by atoms with E-state index in [1.165, 1.54) is 30.4 Å². The Morgan fingerprint density at radius 1 is 1.13 bits per heavy atom. The third kappa shape index (κ3) is 3.52. The minimum absolute atomic E-state index is 0.232. The molecule has 1 spiro atoms. The third-order valence-electron chi connectivity index (χ3n) is 5.58. The van der Waals surface area contributed by atoms with Gasteiger partial charge in [0.05, 0.1) is 13.2 Å². The van der Waals surface area contributed by atoms with E-state index in [-0.39, 0.29) is 5.79 Å². The van der Waals surface area contributed by atoms with Gasteiger partial charge in [-0.05, 0) is 37.7 Å². The highest BCUT2D eigenvalue weighted by atomic mass is 16.7. The van der Waals surface area contributed by atoms with Crippen molar-refractivity contribution in [2.75, 3.05) is 13.2 Å². The van der Waals surface area contributed by atoms with Gasteiger partial charge in [0.15, 0.2) is 5.79 Å². The molecule has 1 aromatic carbocycles. The smallest absolute Gasteiger partial charge is 0.168 e. The number of benzene rings is 1. The Balaban J connectivity index is 1.27. The molecule has 0 aromatic heterocycles. The van der Waals surface area contributed by atoms with Crippen molar-refractivity contribution < 1.29 is 9.47 Å². The molecule has 2 atom stereocenters. The van der Waals surface area contributed by atoms with E-state index in [0.717, 1.165) is 26.1 Å². The van der Waals surface area contributed by atoms with Crippen LogP contribution in [0.25, 0.3) is 6.08 Å². The predicted octanol–water partition coefficient (Wildman–Crippen LogP) is 3.75. The lowest BCUT2D eigenvalue weighted by Gasteiger charge is -2.35. The summed E-state index contributed by atoms with van der Waals surface area (Å²) in [6.45, 7) is 3.81. The molecule has 3 heteroatoms. The van der Waals surface area contributed by atoms with Gasteiger partial charge in [-0.25, -0.2) is 0 Å². The molecule has 0 radical (unpaired) electrons. The van der Waals surface area contributed by atoms with Gasteiger partial charge in [0.1, 0.15) is 0 Å². The van der Waals surface area contributed by atoms with Crippen LogP contribution in [0.3, 0.4) is 0 Å². The fourth-order valence-corrected chi connectivity index (χ4v) is 4.11. The monoisotopic (exact) mass is 313 g/mol. The number of hydrogen-bond donors (Lipinski definition) is 1.